The lowest BCUT2D eigenvalue weighted by molar-refractivity contribution is 0.0693. The molecular weight excluding hydrogens is 277 g/mol. The summed E-state index contributed by atoms with van der Waals surface area (Å²) in [5.41, 5.74) is -0.632. The van der Waals surface area contributed by atoms with E-state index in [9.17, 15) is 18.8 Å². The van der Waals surface area contributed by atoms with Crippen LogP contribution >= 0.6 is 0 Å². The minimum atomic E-state index is -1.54. The van der Waals surface area contributed by atoms with Gasteiger partial charge in [-0.05, 0) is 24.3 Å². The number of carboxylic acid groups (broad SMARTS) is 1. The molecule has 2 aromatic rings. The van der Waals surface area contributed by atoms with Crippen molar-refractivity contribution in [2.45, 2.75) is 0 Å². The summed E-state index contributed by atoms with van der Waals surface area (Å²) in [4.78, 5) is 36.5. The van der Waals surface area contributed by atoms with Crippen molar-refractivity contribution in [2.24, 2.45) is 0 Å². The fourth-order valence-electron chi connectivity index (χ4n) is 2.32. The van der Waals surface area contributed by atoms with Gasteiger partial charge in [0.2, 0.25) is 0 Å². The van der Waals surface area contributed by atoms with Crippen molar-refractivity contribution in [2.75, 3.05) is 4.90 Å². The quantitative estimate of drug-likeness (QED) is 0.859. The lowest BCUT2D eigenvalue weighted by Crippen LogP contribution is -2.31. The molecule has 0 atom stereocenters. The second kappa shape index (κ2) is 4.52. The minimum absolute atomic E-state index is 0.170. The van der Waals surface area contributed by atoms with E-state index in [-0.39, 0.29) is 16.8 Å². The molecule has 1 heterocycles. The summed E-state index contributed by atoms with van der Waals surface area (Å²) >= 11 is 0. The van der Waals surface area contributed by atoms with Gasteiger partial charge in [0.25, 0.3) is 11.8 Å². The number of carbonyl (C=O) groups is 3. The third kappa shape index (κ3) is 1.80. The predicted molar refractivity (Wildman–Crippen MR) is 70.9 cm³/mol. The van der Waals surface area contributed by atoms with Crippen LogP contribution in [0, 0.1) is 5.82 Å². The Bertz CT molecular complexity index is 765. The summed E-state index contributed by atoms with van der Waals surface area (Å²) in [5, 5.41) is 9.11. The Hall–Kier alpha value is -3.02. The van der Waals surface area contributed by atoms with E-state index < -0.39 is 29.2 Å². The summed E-state index contributed by atoms with van der Waals surface area (Å²) in [6.45, 7) is 0. The predicted octanol–water partition coefficient (Wildman–Crippen LogP) is 2.32. The van der Waals surface area contributed by atoms with Crippen molar-refractivity contribution < 1.29 is 23.9 Å². The maximum absolute atomic E-state index is 13.7. The zero-order chi connectivity index (χ0) is 15.1. The summed E-state index contributed by atoms with van der Waals surface area (Å²) in [7, 11) is 0. The highest BCUT2D eigenvalue weighted by molar-refractivity contribution is 6.35. The highest BCUT2D eigenvalue weighted by atomic mass is 19.1. The lowest BCUT2D eigenvalue weighted by atomic mass is 10.1. The van der Waals surface area contributed by atoms with Gasteiger partial charge in [0.15, 0.2) is 0 Å². The number of imide groups is 1. The molecule has 0 aliphatic carbocycles. The van der Waals surface area contributed by atoms with E-state index in [1.165, 1.54) is 24.3 Å². The monoisotopic (exact) mass is 285 g/mol. The van der Waals surface area contributed by atoms with E-state index in [1.54, 1.807) is 12.1 Å². The van der Waals surface area contributed by atoms with Crippen LogP contribution in [0.3, 0.4) is 0 Å². The van der Waals surface area contributed by atoms with Gasteiger partial charge >= 0.3 is 5.97 Å². The molecule has 0 aromatic heterocycles. The number of carbonyl (C=O) groups excluding carboxylic acids is 2. The number of hydrogen-bond donors (Lipinski definition) is 1. The Labute approximate surface area is 118 Å². The van der Waals surface area contributed by atoms with E-state index in [0.29, 0.717) is 4.90 Å². The molecule has 104 valence electrons. The van der Waals surface area contributed by atoms with Crippen molar-refractivity contribution in [1.82, 2.24) is 0 Å². The fraction of sp³-hybridized carbons (Fsp3) is 0. The number of hydrogen-bond acceptors (Lipinski definition) is 3. The first-order valence-electron chi connectivity index (χ1n) is 6.02. The van der Waals surface area contributed by atoms with E-state index in [1.807, 2.05) is 0 Å². The van der Waals surface area contributed by atoms with Crippen LogP contribution in [-0.4, -0.2) is 22.9 Å². The van der Waals surface area contributed by atoms with Crippen molar-refractivity contribution in [3.8, 4) is 0 Å². The van der Waals surface area contributed by atoms with Crippen LogP contribution in [0.1, 0.15) is 31.1 Å². The molecule has 0 bridgehead atoms. The SMILES string of the molecule is O=C(O)c1c(F)cccc1N1C(=O)c2ccccc2C1=O. The molecule has 0 fully saturated rings. The normalized spacial score (nSPS) is 13.5. The van der Waals surface area contributed by atoms with Gasteiger partial charge in [0.05, 0.1) is 16.8 Å². The van der Waals surface area contributed by atoms with Crippen molar-refractivity contribution in [3.05, 3.63) is 65.0 Å². The van der Waals surface area contributed by atoms with Gasteiger partial charge in [0, 0.05) is 0 Å². The number of nitrogens with zero attached hydrogens (tertiary/aromatic N) is 1. The van der Waals surface area contributed by atoms with Crippen molar-refractivity contribution in [1.29, 1.82) is 0 Å². The van der Waals surface area contributed by atoms with Gasteiger partial charge in [0.1, 0.15) is 11.4 Å². The molecule has 1 N–H and O–H groups in total. The van der Waals surface area contributed by atoms with Crippen LogP contribution in [0.4, 0.5) is 10.1 Å². The summed E-state index contributed by atoms with van der Waals surface area (Å²) in [6.07, 6.45) is 0. The van der Waals surface area contributed by atoms with Gasteiger partial charge in [-0.3, -0.25) is 9.59 Å². The highest BCUT2D eigenvalue weighted by Crippen LogP contribution is 2.31. The molecule has 2 aromatic carbocycles. The van der Waals surface area contributed by atoms with Crippen LogP contribution < -0.4 is 4.90 Å². The zero-order valence-electron chi connectivity index (χ0n) is 10.5. The van der Waals surface area contributed by atoms with Crippen molar-refractivity contribution in [3.63, 3.8) is 0 Å². The molecule has 0 radical (unpaired) electrons. The Balaban J connectivity index is 2.21. The van der Waals surface area contributed by atoms with E-state index >= 15 is 0 Å². The average Bonchev–Trinajstić information content (AvgIpc) is 2.71. The molecule has 0 saturated carbocycles. The summed E-state index contributed by atoms with van der Waals surface area (Å²) in [5.74, 6) is -3.87. The molecule has 0 unspecified atom stereocenters. The maximum Gasteiger partial charge on any atom is 0.340 e. The number of fused-ring (bicyclic) bond motifs is 1. The molecule has 1 aliphatic heterocycles. The molecule has 3 rings (SSSR count). The molecular formula is C15H8FNO4. The summed E-state index contributed by atoms with van der Waals surface area (Å²) < 4.78 is 13.7. The van der Waals surface area contributed by atoms with Crippen molar-refractivity contribution >= 4 is 23.5 Å². The first kappa shape index (κ1) is 13.0. The largest absolute Gasteiger partial charge is 0.478 e. The average molecular weight is 285 g/mol. The Kier molecular flexibility index (Phi) is 2.79. The molecule has 0 saturated heterocycles. The Morgan fingerprint density at radius 1 is 0.952 bits per heavy atom. The first-order chi connectivity index (χ1) is 10.0. The van der Waals surface area contributed by atoms with Crippen LogP contribution in [0.5, 0.6) is 0 Å². The van der Waals surface area contributed by atoms with Crippen LogP contribution in [-0.2, 0) is 0 Å². The number of halogens is 1. The van der Waals surface area contributed by atoms with Gasteiger partial charge in [-0.2, -0.15) is 0 Å². The first-order valence-corrected chi connectivity index (χ1v) is 6.02. The molecule has 2 amide bonds. The highest BCUT2D eigenvalue weighted by Gasteiger charge is 2.38. The molecule has 5 nitrogen and oxygen atoms in total. The standard InChI is InChI=1S/C15H8FNO4/c16-10-6-3-7-11(12(10)15(20)21)17-13(18)8-4-1-2-5-9(8)14(17)19/h1-7H,(H,20,21). The van der Waals surface area contributed by atoms with Gasteiger partial charge < -0.3 is 5.11 Å². The van der Waals surface area contributed by atoms with E-state index in [0.717, 1.165) is 6.07 Å². The smallest absolute Gasteiger partial charge is 0.340 e. The number of anilines is 1. The van der Waals surface area contributed by atoms with Gasteiger partial charge in [-0.1, -0.05) is 18.2 Å². The number of benzene rings is 2. The maximum atomic E-state index is 13.7. The number of carboxylic acids is 1. The van der Waals surface area contributed by atoms with E-state index in [2.05, 4.69) is 0 Å². The third-order valence-corrected chi connectivity index (χ3v) is 3.24. The Morgan fingerprint density at radius 3 is 2.05 bits per heavy atom. The van der Waals surface area contributed by atoms with Crippen LogP contribution in [0.25, 0.3) is 0 Å². The molecule has 1 aliphatic rings. The zero-order valence-corrected chi connectivity index (χ0v) is 10.5. The molecule has 6 heteroatoms. The van der Waals surface area contributed by atoms with Gasteiger partial charge in [-0.15, -0.1) is 0 Å². The Morgan fingerprint density at radius 2 is 1.52 bits per heavy atom. The molecule has 21 heavy (non-hydrogen) atoms. The number of amides is 2. The number of rotatable bonds is 2. The number of aromatic carboxylic acids is 1. The topological polar surface area (TPSA) is 74.7 Å². The summed E-state index contributed by atoms with van der Waals surface area (Å²) in [6, 6.07) is 9.57. The van der Waals surface area contributed by atoms with Crippen LogP contribution in [0.15, 0.2) is 42.5 Å². The third-order valence-electron chi connectivity index (χ3n) is 3.24. The second-order valence-corrected chi connectivity index (χ2v) is 4.43. The van der Waals surface area contributed by atoms with Crippen LogP contribution in [0.2, 0.25) is 0 Å². The lowest BCUT2D eigenvalue weighted by Gasteiger charge is -2.16. The van der Waals surface area contributed by atoms with E-state index in [4.69, 9.17) is 5.11 Å². The second-order valence-electron chi connectivity index (χ2n) is 4.43. The molecule has 0 spiro atoms. The fourth-order valence-corrected chi connectivity index (χ4v) is 2.32. The minimum Gasteiger partial charge on any atom is -0.478 e. The van der Waals surface area contributed by atoms with Gasteiger partial charge in [-0.25, -0.2) is 14.1 Å².